The Morgan fingerprint density at radius 2 is 1.70 bits per heavy atom. The predicted molar refractivity (Wildman–Crippen MR) is 71.1 cm³/mol. The van der Waals surface area contributed by atoms with E-state index in [2.05, 4.69) is 4.74 Å². The van der Waals surface area contributed by atoms with Crippen LogP contribution in [0.5, 0.6) is 5.75 Å². The normalized spacial score (nSPS) is 12.7. The Morgan fingerprint density at radius 1 is 1.09 bits per heavy atom. The van der Waals surface area contributed by atoms with Crippen LogP contribution in [0.25, 0.3) is 11.1 Å². The molecule has 1 atom stereocenters. The summed E-state index contributed by atoms with van der Waals surface area (Å²) in [5, 5.41) is 18.2. The van der Waals surface area contributed by atoms with E-state index in [4.69, 9.17) is 5.11 Å². The summed E-state index contributed by atoms with van der Waals surface area (Å²) >= 11 is 0. The highest BCUT2D eigenvalue weighted by Crippen LogP contribution is 2.29. The zero-order chi connectivity index (χ0) is 17.2. The number of hydrogen-bond acceptors (Lipinski definition) is 3. The zero-order valence-electron chi connectivity index (χ0n) is 11.3. The monoisotopic (exact) mass is 330 g/mol. The fraction of sp³-hybridized carbons (Fsp3) is 0.133. The molecule has 8 heteroatoms. The Hall–Kier alpha value is -2.61. The topological polar surface area (TPSA) is 66.8 Å². The highest BCUT2D eigenvalue weighted by molar-refractivity contribution is 5.75. The third-order valence-electron chi connectivity index (χ3n) is 2.94. The standard InChI is InChI=1S/C15H10F4O4/c16-12-6-3-9(13(20)14(21)22)7-11(12)8-1-4-10(5-2-8)23-15(17,18)19/h1-7,13,20H,(H,21,22). The van der Waals surface area contributed by atoms with Gasteiger partial charge in [0.15, 0.2) is 6.10 Å². The van der Waals surface area contributed by atoms with E-state index in [1.165, 1.54) is 12.1 Å². The molecule has 0 aliphatic heterocycles. The summed E-state index contributed by atoms with van der Waals surface area (Å²) < 4.78 is 53.8. The van der Waals surface area contributed by atoms with Crippen LogP contribution < -0.4 is 4.74 Å². The molecule has 0 amide bonds. The largest absolute Gasteiger partial charge is 0.573 e. The molecule has 4 nitrogen and oxygen atoms in total. The van der Waals surface area contributed by atoms with Crippen molar-refractivity contribution in [3.8, 4) is 16.9 Å². The number of aliphatic hydroxyl groups is 1. The second-order valence-corrected chi connectivity index (χ2v) is 4.55. The summed E-state index contributed by atoms with van der Waals surface area (Å²) in [5.41, 5.74) is 0.0994. The molecule has 1 unspecified atom stereocenters. The number of carboxylic acids is 1. The van der Waals surface area contributed by atoms with Crippen molar-refractivity contribution in [2.45, 2.75) is 12.5 Å². The number of rotatable bonds is 4. The summed E-state index contributed by atoms with van der Waals surface area (Å²) in [5.74, 6) is -2.68. The third kappa shape index (κ3) is 4.19. The van der Waals surface area contributed by atoms with Gasteiger partial charge in [0.2, 0.25) is 0 Å². The Bertz CT molecular complexity index is 710. The van der Waals surface area contributed by atoms with E-state index in [-0.39, 0.29) is 16.7 Å². The van der Waals surface area contributed by atoms with Gasteiger partial charge in [-0.15, -0.1) is 13.2 Å². The molecule has 2 aromatic carbocycles. The number of ether oxygens (including phenoxy) is 1. The van der Waals surface area contributed by atoms with E-state index >= 15 is 0 Å². The van der Waals surface area contributed by atoms with Crippen molar-refractivity contribution < 1.29 is 37.3 Å². The Kier molecular flexibility index (Phi) is 4.55. The lowest BCUT2D eigenvalue weighted by molar-refractivity contribution is -0.274. The molecular formula is C15H10F4O4. The molecule has 0 heterocycles. The van der Waals surface area contributed by atoms with E-state index in [1.54, 1.807) is 0 Å². The van der Waals surface area contributed by atoms with Gasteiger partial charge in [0.25, 0.3) is 0 Å². The average Bonchev–Trinajstić information content (AvgIpc) is 2.46. The summed E-state index contributed by atoms with van der Waals surface area (Å²) in [4.78, 5) is 10.7. The van der Waals surface area contributed by atoms with Gasteiger partial charge in [-0.3, -0.25) is 0 Å². The summed E-state index contributed by atoms with van der Waals surface area (Å²) in [6.45, 7) is 0. The lowest BCUT2D eigenvalue weighted by Gasteiger charge is -2.11. The molecule has 0 aliphatic rings. The molecular weight excluding hydrogens is 320 g/mol. The number of benzene rings is 2. The Morgan fingerprint density at radius 3 is 2.22 bits per heavy atom. The van der Waals surface area contributed by atoms with E-state index in [9.17, 15) is 27.5 Å². The van der Waals surface area contributed by atoms with E-state index in [1.807, 2.05) is 0 Å². The lowest BCUT2D eigenvalue weighted by Crippen LogP contribution is -2.16. The minimum atomic E-state index is -4.84. The molecule has 0 bridgehead atoms. The van der Waals surface area contributed by atoms with E-state index < -0.39 is 30.0 Å². The van der Waals surface area contributed by atoms with Gasteiger partial charge in [0, 0.05) is 5.56 Å². The molecule has 0 saturated heterocycles. The second-order valence-electron chi connectivity index (χ2n) is 4.55. The van der Waals surface area contributed by atoms with Crippen LogP contribution in [-0.4, -0.2) is 22.5 Å². The van der Waals surface area contributed by atoms with Gasteiger partial charge in [-0.25, -0.2) is 9.18 Å². The molecule has 2 N–H and O–H groups in total. The second kappa shape index (κ2) is 6.25. The number of aliphatic carboxylic acids is 1. The maximum atomic E-state index is 13.9. The van der Waals surface area contributed by atoms with Gasteiger partial charge in [-0.2, -0.15) is 0 Å². The van der Waals surface area contributed by atoms with Crippen LogP contribution in [0.15, 0.2) is 42.5 Å². The first-order valence-corrected chi connectivity index (χ1v) is 6.24. The van der Waals surface area contributed by atoms with Crippen LogP contribution in [0.2, 0.25) is 0 Å². The van der Waals surface area contributed by atoms with Crippen molar-refractivity contribution in [2.24, 2.45) is 0 Å². The number of halogens is 4. The van der Waals surface area contributed by atoms with Crippen molar-refractivity contribution in [3.05, 3.63) is 53.8 Å². The summed E-state index contributed by atoms with van der Waals surface area (Å²) in [6, 6.07) is 7.58. The summed E-state index contributed by atoms with van der Waals surface area (Å²) in [6.07, 6.45) is -6.67. The van der Waals surface area contributed by atoms with Gasteiger partial charge in [-0.05, 0) is 35.4 Å². The SMILES string of the molecule is O=C(O)C(O)c1ccc(F)c(-c2ccc(OC(F)(F)F)cc2)c1. The first-order valence-electron chi connectivity index (χ1n) is 6.24. The van der Waals surface area contributed by atoms with Gasteiger partial charge in [0.05, 0.1) is 0 Å². The number of aliphatic hydroxyl groups excluding tert-OH is 1. The first-order chi connectivity index (χ1) is 10.7. The highest BCUT2D eigenvalue weighted by atomic mass is 19.4. The van der Waals surface area contributed by atoms with Crippen molar-refractivity contribution in [1.29, 1.82) is 0 Å². The minimum Gasteiger partial charge on any atom is -0.479 e. The summed E-state index contributed by atoms with van der Waals surface area (Å²) in [7, 11) is 0. The number of carbonyl (C=O) groups is 1. The Labute approximate surface area is 127 Å². The van der Waals surface area contributed by atoms with Crippen molar-refractivity contribution in [3.63, 3.8) is 0 Å². The van der Waals surface area contributed by atoms with Gasteiger partial charge >= 0.3 is 12.3 Å². The fourth-order valence-electron chi connectivity index (χ4n) is 1.91. The van der Waals surface area contributed by atoms with E-state index in [0.717, 1.165) is 30.3 Å². The quantitative estimate of drug-likeness (QED) is 0.842. The molecule has 0 aliphatic carbocycles. The molecule has 122 valence electrons. The van der Waals surface area contributed by atoms with Crippen molar-refractivity contribution >= 4 is 5.97 Å². The van der Waals surface area contributed by atoms with Gasteiger partial charge in [0.1, 0.15) is 11.6 Å². The molecule has 0 spiro atoms. The first kappa shape index (κ1) is 16.8. The molecule has 2 aromatic rings. The van der Waals surface area contributed by atoms with Crippen LogP contribution in [0.1, 0.15) is 11.7 Å². The molecule has 0 fully saturated rings. The van der Waals surface area contributed by atoms with Gasteiger partial charge < -0.3 is 14.9 Å². The molecule has 0 saturated carbocycles. The highest BCUT2D eigenvalue weighted by Gasteiger charge is 2.31. The smallest absolute Gasteiger partial charge is 0.479 e. The number of carboxylic acid groups (broad SMARTS) is 1. The van der Waals surface area contributed by atoms with Crippen LogP contribution in [-0.2, 0) is 4.79 Å². The predicted octanol–water partition coefficient (Wildman–Crippen LogP) is 3.51. The zero-order valence-corrected chi connectivity index (χ0v) is 11.3. The molecule has 0 radical (unpaired) electrons. The Balaban J connectivity index is 2.34. The maximum absolute atomic E-state index is 13.9. The lowest BCUT2D eigenvalue weighted by atomic mass is 10.00. The van der Waals surface area contributed by atoms with Crippen LogP contribution in [0.4, 0.5) is 17.6 Å². The van der Waals surface area contributed by atoms with Crippen LogP contribution >= 0.6 is 0 Å². The van der Waals surface area contributed by atoms with Crippen LogP contribution in [0.3, 0.4) is 0 Å². The molecule has 2 rings (SSSR count). The minimum absolute atomic E-state index is 0.0514. The number of hydrogen-bond donors (Lipinski definition) is 2. The van der Waals surface area contributed by atoms with Crippen molar-refractivity contribution in [2.75, 3.05) is 0 Å². The van der Waals surface area contributed by atoms with Gasteiger partial charge in [-0.1, -0.05) is 18.2 Å². The fourth-order valence-corrected chi connectivity index (χ4v) is 1.91. The maximum Gasteiger partial charge on any atom is 0.573 e. The molecule has 0 aromatic heterocycles. The van der Waals surface area contributed by atoms with Crippen molar-refractivity contribution in [1.82, 2.24) is 0 Å². The van der Waals surface area contributed by atoms with Crippen LogP contribution in [0, 0.1) is 5.82 Å². The van der Waals surface area contributed by atoms with E-state index in [0.29, 0.717) is 0 Å². The number of alkyl halides is 3. The third-order valence-corrected chi connectivity index (χ3v) is 2.94. The molecule has 23 heavy (non-hydrogen) atoms. The average molecular weight is 330 g/mol.